The Bertz CT molecular complexity index is 346. The Morgan fingerprint density at radius 3 is 2.68 bits per heavy atom. The summed E-state index contributed by atoms with van der Waals surface area (Å²) >= 11 is 0. The van der Waals surface area contributed by atoms with Crippen LogP contribution >= 0.6 is 0 Å². The van der Waals surface area contributed by atoms with Crippen LogP contribution in [0.3, 0.4) is 0 Å². The molecule has 1 N–H and O–H groups in total. The normalized spacial score (nSPS) is 20.0. The molecule has 5 heteroatoms. The molecule has 1 aliphatic heterocycles. The van der Waals surface area contributed by atoms with Gasteiger partial charge in [-0.3, -0.25) is 4.68 Å². The average molecular weight is 267 g/mol. The molecule has 1 aromatic rings. The summed E-state index contributed by atoms with van der Waals surface area (Å²) in [6, 6.07) is 2.48. The van der Waals surface area contributed by atoms with Crippen LogP contribution in [0, 0.1) is 0 Å². The first-order valence-electron chi connectivity index (χ1n) is 7.16. The number of piperidine rings is 1. The number of likely N-dealkylation sites (tertiary alicyclic amines) is 1. The number of aliphatic hydroxyl groups excluding tert-OH is 1. The van der Waals surface area contributed by atoms with Crippen molar-refractivity contribution >= 4 is 0 Å². The van der Waals surface area contributed by atoms with Gasteiger partial charge in [-0.25, -0.2) is 0 Å². The zero-order chi connectivity index (χ0) is 13.7. The Balaban J connectivity index is 1.68. The van der Waals surface area contributed by atoms with E-state index in [0.29, 0.717) is 19.2 Å². The van der Waals surface area contributed by atoms with E-state index in [1.807, 2.05) is 32.3 Å². The standard InChI is InChI=1S/C14H25N3O2/c1-12(2)19-11-14(18)10-16-8-4-13(5-9-16)17-7-3-6-15-17/h3,6-7,12-14,18H,4-5,8-11H2,1-2H3. The van der Waals surface area contributed by atoms with Gasteiger partial charge in [0.2, 0.25) is 0 Å². The SMILES string of the molecule is CC(C)OCC(O)CN1CCC(n2cccn2)CC1. The molecule has 0 aromatic carbocycles. The molecule has 0 saturated carbocycles. The van der Waals surface area contributed by atoms with Gasteiger partial charge >= 0.3 is 0 Å². The second kappa shape index (κ2) is 7.03. The zero-order valence-electron chi connectivity index (χ0n) is 11.9. The van der Waals surface area contributed by atoms with Gasteiger partial charge in [-0.05, 0) is 32.8 Å². The Morgan fingerprint density at radius 2 is 2.11 bits per heavy atom. The number of nitrogens with zero attached hydrogens (tertiary/aromatic N) is 3. The molecule has 0 aliphatic carbocycles. The molecule has 1 fully saturated rings. The molecule has 0 amide bonds. The molecular weight excluding hydrogens is 242 g/mol. The number of aliphatic hydroxyl groups is 1. The maximum atomic E-state index is 9.92. The smallest absolute Gasteiger partial charge is 0.0900 e. The van der Waals surface area contributed by atoms with Gasteiger partial charge in [0.15, 0.2) is 0 Å². The van der Waals surface area contributed by atoms with Crippen molar-refractivity contribution in [2.24, 2.45) is 0 Å². The molecule has 2 heterocycles. The van der Waals surface area contributed by atoms with E-state index in [-0.39, 0.29) is 12.2 Å². The molecule has 1 unspecified atom stereocenters. The third kappa shape index (κ3) is 4.60. The van der Waals surface area contributed by atoms with E-state index in [1.165, 1.54) is 0 Å². The van der Waals surface area contributed by atoms with E-state index < -0.39 is 0 Å². The average Bonchev–Trinajstić information content (AvgIpc) is 2.91. The lowest BCUT2D eigenvalue weighted by atomic mass is 10.1. The van der Waals surface area contributed by atoms with Crippen LogP contribution in [0.5, 0.6) is 0 Å². The molecule has 1 aliphatic rings. The molecule has 1 atom stereocenters. The molecule has 0 bridgehead atoms. The lowest BCUT2D eigenvalue weighted by Gasteiger charge is -2.33. The molecule has 1 aromatic heterocycles. The van der Waals surface area contributed by atoms with E-state index in [4.69, 9.17) is 4.74 Å². The summed E-state index contributed by atoms with van der Waals surface area (Å²) in [6.45, 7) is 7.15. The van der Waals surface area contributed by atoms with Crippen molar-refractivity contribution in [2.45, 2.75) is 44.9 Å². The minimum Gasteiger partial charge on any atom is -0.389 e. The minimum atomic E-state index is -0.386. The fourth-order valence-electron chi connectivity index (χ4n) is 2.52. The number of hydrogen-bond acceptors (Lipinski definition) is 4. The Morgan fingerprint density at radius 1 is 1.37 bits per heavy atom. The van der Waals surface area contributed by atoms with E-state index in [9.17, 15) is 5.11 Å². The van der Waals surface area contributed by atoms with Crippen molar-refractivity contribution in [3.05, 3.63) is 18.5 Å². The third-order valence-corrected chi connectivity index (χ3v) is 3.55. The highest BCUT2D eigenvalue weighted by molar-refractivity contribution is 4.84. The van der Waals surface area contributed by atoms with Crippen LogP contribution in [0.1, 0.15) is 32.7 Å². The molecular formula is C14H25N3O2. The molecule has 108 valence electrons. The lowest BCUT2D eigenvalue weighted by molar-refractivity contribution is -0.0123. The Labute approximate surface area is 115 Å². The first-order valence-corrected chi connectivity index (χ1v) is 7.16. The Kier molecular flexibility index (Phi) is 5.36. The topological polar surface area (TPSA) is 50.5 Å². The van der Waals surface area contributed by atoms with Crippen LogP contribution in [0.15, 0.2) is 18.5 Å². The predicted octanol–water partition coefficient (Wildman–Crippen LogP) is 1.31. The van der Waals surface area contributed by atoms with Gasteiger partial charge in [-0.1, -0.05) is 0 Å². The van der Waals surface area contributed by atoms with Crippen molar-refractivity contribution in [1.82, 2.24) is 14.7 Å². The third-order valence-electron chi connectivity index (χ3n) is 3.55. The van der Waals surface area contributed by atoms with E-state index in [0.717, 1.165) is 25.9 Å². The van der Waals surface area contributed by atoms with Crippen molar-refractivity contribution in [3.8, 4) is 0 Å². The fourth-order valence-corrected chi connectivity index (χ4v) is 2.52. The van der Waals surface area contributed by atoms with Gasteiger partial charge in [0.1, 0.15) is 0 Å². The highest BCUT2D eigenvalue weighted by Crippen LogP contribution is 2.21. The summed E-state index contributed by atoms with van der Waals surface area (Å²) in [4.78, 5) is 2.31. The number of hydrogen-bond donors (Lipinski definition) is 1. The van der Waals surface area contributed by atoms with Crippen LogP contribution in [0.2, 0.25) is 0 Å². The number of rotatable bonds is 6. The minimum absolute atomic E-state index is 0.181. The second-order valence-electron chi connectivity index (χ2n) is 5.55. The highest BCUT2D eigenvalue weighted by Gasteiger charge is 2.22. The number of β-amino-alcohol motifs (C(OH)–C–C–N with tert-alkyl or cyclic N) is 1. The molecule has 0 spiro atoms. The van der Waals surface area contributed by atoms with Crippen LogP contribution in [-0.2, 0) is 4.74 Å². The van der Waals surface area contributed by atoms with Gasteiger partial charge in [0.05, 0.1) is 24.9 Å². The van der Waals surface area contributed by atoms with Crippen molar-refractivity contribution in [2.75, 3.05) is 26.2 Å². The fraction of sp³-hybridized carbons (Fsp3) is 0.786. The summed E-state index contributed by atoms with van der Waals surface area (Å²) in [5.41, 5.74) is 0. The van der Waals surface area contributed by atoms with Crippen LogP contribution in [-0.4, -0.2) is 58.2 Å². The van der Waals surface area contributed by atoms with Gasteiger partial charge in [-0.15, -0.1) is 0 Å². The van der Waals surface area contributed by atoms with Gasteiger partial charge in [0.25, 0.3) is 0 Å². The van der Waals surface area contributed by atoms with E-state index in [1.54, 1.807) is 0 Å². The summed E-state index contributed by atoms with van der Waals surface area (Å²) in [5, 5.41) is 14.2. The quantitative estimate of drug-likeness (QED) is 0.844. The predicted molar refractivity (Wildman–Crippen MR) is 74.0 cm³/mol. The summed E-state index contributed by atoms with van der Waals surface area (Å²) < 4.78 is 7.49. The lowest BCUT2D eigenvalue weighted by Crippen LogP contribution is -2.41. The summed E-state index contributed by atoms with van der Waals surface area (Å²) in [5.74, 6) is 0. The number of aromatic nitrogens is 2. The van der Waals surface area contributed by atoms with Crippen molar-refractivity contribution < 1.29 is 9.84 Å². The van der Waals surface area contributed by atoms with E-state index >= 15 is 0 Å². The van der Waals surface area contributed by atoms with Crippen LogP contribution < -0.4 is 0 Å². The molecule has 0 radical (unpaired) electrons. The van der Waals surface area contributed by atoms with Crippen LogP contribution in [0.4, 0.5) is 0 Å². The maximum Gasteiger partial charge on any atom is 0.0900 e. The van der Waals surface area contributed by atoms with Crippen LogP contribution in [0.25, 0.3) is 0 Å². The molecule has 5 nitrogen and oxygen atoms in total. The monoisotopic (exact) mass is 267 g/mol. The highest BCUT2D eigenvalue weighted by atomic mass is 16.5. The Hall–Kier alpha value is -0.910. The first-order chi connectivity index (χ1) is 9.15. The largest absolute Gasteiger partial charge is 0.389 e. The zero-order valence-corrected chi connectivity index (χ0v) is 11.9. The van der Waals surface area contributed by atoms with E-state index in [2.05, 4.69) is 14.7 Å². The summed E-state index contributed by atoms with van der Waals surface area (Å²) in [7, 11) is 0. The second-order valence-corrected chi connectivity index (χ2v) is 5.55. The van der Waals surface area contributed by atoms with Gasteiger partial charge in [-0.2, -0.15) is 5.10 Å². The molecule has 1 saturated heterocycles. The summed E-state index contributed by atoms with van der Waals surface area (Å²) in [6.07, 6.45) is 5.85. The van der Waals surface area contributed by atoms with Gasteiger partial charge < -0.3 is 14.7 Å². The number of ether oxygens (including phenoxy) is 1. The maximum absolute atomic E-state index is 9.92. The molecule has 19 heavy (non-hydrogen) atoms. The van der Waals surface area contributed by atoms with Crippen molar-refractivity contribution in [1.29, 1.82) is 0 Å². The van der Waals surface area contributed by atoms with Gasteiger partial charge in [0, 0.05) is 32.0 Å². The first kappa shape index (κ1) is 14.5. The molecule has 2 rings (SSSR count). The van der Waals surface area contributed by atoms with Crippen molar-refractivity contribution in [3.63, 3.8) is 0 Å².